The summed E-state index contributed by atoms with van der Waals surface area (Å²) < 4.78 is 15.1. The molecule has 21 heavy (non-hydrogen) atoms. The zero-order valence-electron chi connectivity index (χ0n) is 10.8. The molecule has 1 amide bonds. The molecular formula is C14H10FN5O. The van der Waals surface area contributed by atoms with Crippen LogP contribution in [0.4, 0.5) is 10.1 Å². The summed E-state index contributed by atoms with van der Waals surface area (Å²) in [4.78, 5) is 15.5. The highest BCUT2D eigenvalue weighted by molar-refractivity contribution is 6.04. The number of carbonyl (C=O) groups excluding carboxylic acids is 1. The highest BCUT2D eigenvalue weighted by Gasteiger charge is 2.12. The van der Waals surface area contributed by atoms with Crippen LogP contribution in [0.3, 0.4) is 0 Å². The van der Waals surface area contributed by atoms with Crippen LogP contribution in [0.15, 0.2) is 55.2 Å². The van der Waals surface area contributed by atoms with Gasteiger partial charge < -0.3 is 5.32 Å². The van der Waals surface area contributed by atoms with Gasteiger partial charge in [-0.25, -0.2) is 4.98 Å². The van der Waals surface area contributed by atoms with Gasteiger partial charge in [-0.3, -0.25) is 9.36 Å². The van der Waals surface area contributed by atoms with Gasteiger partial charge in [0, 0.05) is 11.9 Å². The SMILES string of the molecule is O=C(Nc1cccc(-n2cnnc2)c1)c1cccnc1F. The Kier molecular flexibility index (Phi) is 3.38. The lowest BCUT2D eigenvalue weighted by Crippen LogP contribution is -2.14. The van der Waals surface area contributed by atoms with E-state index in [0.717, 1.165) is 5.69 Å². The summed E-state index contributed by atoms with van der Waals surface area (Å²) in [5.41, 5.74) is 1.21. The number of rotatable bonds is 3. The number of aromatic nitrogens is 4. The Morgan fingerprint density at radius 3 is 2.71 bits per heavy atom. The Bertz CT molecular complexity index is 773. The van der Waals surface area contributed by atoms with E-state index in [1.807, 2.05) is 6.07 Å². The average molecular weight is 283 g/mol. The van der Waals surface area contributed by atoms with E-state index in [2.05, 4.69) is 20.5 Å². The fourth-order valence-electron chi connectivity index (χ4n) is 1.83. The lowest BCUT2D eigenvalue weighted by Gasteiger charge is -2.07. The number of hydrogen-bond donors (Lipinski definition) is 1. The number of pyridine rings is 1. The van der Waals surface area contributed by atoms with Crippen LogP contribution in [0.5, 0.6) is 0 Å². The van der Waals surface area contributed by atoms with Crippen molar-refractivity contribution in [3.8, 4) is 5.69 Å². The van der Waals surface area contributed by atoms with Crippen molar-refractivity contribution in [3.05, 3.63) is 66.8 Å². The second kappa shape index (κ2) is 5.49. The van der Waals surface area contributed by atoms with Crippen molar-refractivity contribution in [2.75, 3.05) is 5.32 Å². The molecule has 1 N–H and O–H groups in total. The third-order valence-electron chi connectivity index (χ3n) is 2.82. The number of amides is 1. The number of nitrogens with one attached hydrogen (secondary N) is 1. The molecule has 0 bridgehead atoms. The summed E-state index contributed by atoms with van der Waals surface area (Å²) in [6, 6.07) is 9.93. The number of benzene rings is 1. The van der Waals surface area contributed by atoms with Gasteiger partial charge in [0.1, 0.15) is 12.7 Å². The summed E-state index contributed by atoms with van der Waals surface area (Å²) in [5.74, 6) is -1.36. The maximum absolute atomic E-state index is 13.5. The van der Waals surface area contributed by atoms with Crippen molar-refractivity contribution in [1.29, 1.82) is 0 Å². The van der Waals surface area contributed by atoms with E-state index in [-0.39, 0.29) is 5.56 Å². The summed E-state index contributed by atoms with van der Waals surface area (Å²) in [6.45, 7) is 0. The molecule has 3 aromatic rings. The van der Waals surface area contributed by atoms with Gasteiger partial charge in [0.2, 0.25) is 5.95 Å². The molecular weight excluding hydrogens is 273 g/mol. The van der Waals surface area contributed by atoms with Crippen LogP contribution in [-0.4, -0.2) is 25.7 Å². The van der Waals surface area contributed by atoms with Gasteiger partial charge in [-0.2, -0.15) is 4.39 Å². The Balaban J connectivity index is 1.84. The molecule has 0 atom stereocenters. The summed E-state index contributed by atoms with van der Waals surface area (Å²) in [6.07, 6.45) is 4.38. The van der Waals surface area contributed by atoms with Crippen LogP contribution >= 0.6 is 0 Å². The minimum atomic E-state index is -0.801. The van der Waals surface area contributed by atoms with E-state index < -0.39 is 11.9 Å². The Morgan fingerprint density at radius 1 is 1.14 bits per heavy atom. The highest BCUT2D eigenvalue weighted by atomic mass is 19.1. The molecule has 0 spiro atoms. The van der Waals surface area contributed by atoms with Crippen molar-refractivity contribution < 1.29 is 9.18 Å². The van der Waals surface area contributed by atoms with Crippen molar-refractivity contribution in [2.24, 2.45) is 0 Å². The lowest BCUT2D eigenvalue weighted by molar-refractivity contribution is 0.102. The van der Waals surface area contributed by atoms with Crippen LogP contribution in [-0.2, 0) is 0 Å². The van der Waals surface area contributed by atoms with Crippen LogP contribution in [0.2, 0.25) is 0 Å². The van der Waals surface area contributed by atoms with E-state index in [1.54, 1.807) is 35.4 Å². The fraction of sp³-hybridized carbons (Fsp3) is 0. The number of nitrogens with zero attached hydrogens (tertiary/aromatic N) is 4. The second-order valence-corrected chi connectivity index (χ2v) is 4.22. The molecule has 0 aliphatic carbocycles. The fourth-order valence-corrected chi connectivity index (χ4v) is 1.83. The molecule has 0 saturated heterocycles. The molecule has 0 unspecified atom stereocenters. The molecule has 0 fully saturated rings. The molecule has 2 heterocycles. The molecule has 3 rings (SSSR count). The van der Waals surface area contributed by atoms with E-state index in [9.17, 15) is 9.18 Å². The molecule has 104 valence electrons. The zero-order valence-corrected chi connectivity index (χ0v) is 10.8. The van der Waals surface area contributed by atoms with Crippen molar-refractivity contribution in [3.63, 3.8) is 0 Å². The minimum Gasteiger partial charge on any atom is -0.322 e. The van der Waals surface area contributed by atoms with Crippen molar-refractivity contribution >= 4 is 11.6 Å². The topological polar surface area (TPSA) is 72.7 Å². The molecule has 6 nitrogen and oxygen atoms in total. The van der Waals surface area contributed by atoms with Crippen LogP contribution in [0.25, 0.3) is 5.69 Å². The lowest BCUT2D eigenvalue weighted by atomic mass is 10.2. The smallest absolute Gasteiger partial charge is 0.260 e. The maximum Gasteiger partial charge on any atom is 0.260 e. The van der Waals surface area contributed by atoms with Gasteiger partial charge in [0.15, 0.2) is 0 Å². The number of hydrogen-bond acceptors (Lipinski definition) is 4. The predicted molar refractivity (Wildman–Crippen MR) is 73.5 cm³/mol. The molecule has 0 aliphatic rings. The largest absolute Gasteiger partial charge is 0.322 e. The summed E-state index contributed by atoms with van der Waals surface area (Å²) in [5, 5.41) is 10.1. The third-order valence-corrected chi connectivity index (χ3v) is 2.82. The first kappa shape index (κ1) is 12.9. The molecule has 0 aliphatic heterocycles. The molecule has 1 aromatic carbocycles. The predicted octanol–water partition coefficient (Wildman–Crippen LogP) is 2.05. The molecule has 7 heteroatoms. The normalized spacial score (nSPS) is 10.3. The molecule has 0 saturated carbocycles. The van der Waals surface area contributed by atoms with Gasteiger partial charge in [0.25, 0.3) is 5.91 Å². The van der Waals surface area contributed by atoms with Gasteiger partial charge in [-0.1, -0.05) is 6.07 Å². The molecule has 2 aromatic heterocycles. The first-order chi connectivity index (χ1) is 10.2. The van der Waals surface area contributed by atoms with E-state index in [4.69, 9.17) is 0 Å². The Morgan fingerprint density at radius 2 is 1.95 bits per heavy atom. The van der Waals surface area contributed by atoms with Crippen LogP contribution in [0, 0.1) is 5.95 Å². The quantitative estimate of drug-likeness (QED) is 0.747. The van der Waals surface area contributed by atoms with Gasteiger partial charge in [-0.15, -0.1) is 10.2 Å². The van der Waals surface area contributed by atoms with Crippen LogP contribution in [0.1, 0.15) is 10.4 Å². The summed E-state index contributed by atoms with van der Waals surface area (Å²) in [7, 11) is 0. The standard InChI is InChI=1S/C14H10FN5O/c15-13-12(5-2-6-16-13)14(21)19-10-3-1-4-11(7-10)20-8-17-18-9-20/h1-9H,(H,19,21). The van der Waals surface area contributed by atoms with E-state index in [1.165, 1.54) is 18.3 Å². The van der Waals surface area contributed by atoms with Crippen LogP contribution < -0.4 is 5.32 Å². The van der Waals surface area contributed by atoms with Gasteiger partial charge >= 0.3 is 0 Å². The number of anilines is 1. The van der Waals surface area contributed by atoms with E-state index in [0.29, 0.717) is 5.69 Å². The first-order valence-electron chi connectivity index (χ1n) is 6.11. The monoisotopic (exact) mass is 283 g/mol. The van der Waals surface area contributed by atoms with Gasteiger partial charge in [-0.05, 0) is 30.3 Å². The number of carbonyl (C=O) groups is 1. The Labute approximate surface area is 119 Å². The first-order valence-corrected chi connectivity index (χ1v) is 6.11. The highest BCUT2D eigenvalue weighted by Crippen LogP contribution is 2.15. The summed E-state index contributed by atoms with van der Waals surface area (Å²) >= 11 is 0. The average Bonchev–Trinajstić information content (AvgIpc) is 3.02. The van der Waals surface area contributed by atoms with Crippen molar-refractivity contribution in [1.82, 2.24) is 19.7 Å². The van der Waals surface area contributed by atoms with E-state index >= 15 is 0 Å². The third kappa shape index (κ3) is 2.76. The maximum atomic E-state index is 13.5. The minimum absolute atomic E-state index is 0.104. The van der Waals surface area contributed by atoms with Gasteiger partial charge in [0.05, 0.1) is 11.3 Å². The second-order valence-electron chi connectivity index (χ2n) is 4.22. The Hall–Kier alpha value is -3.09. The zero-order chi connectivity index (χ0) is 14.7. The number of halogens is 1. The molecule has 0 radical (unpaired) electrons. The van der Waals surface area contributed by atoms with Crippen molar-refractivity contribution in [2.45, 2.75) is 0 Å².